The van der Waals surface area contributed by atoms with Crippen molar-refractivity contribution in [2.75, 3.05) is 7.05 Å². The van der Waals surface area contributed by atoms with Crippen LogP contribution in [-0.2, 0) is 19.2 Å². The summed E-state index contributed by atoms with van der Waals surface area (Å²) in [5.74, 6) is -0.0144. The fraction of sp³-hybridized carbons (Fsp3) is 0.611. The summed E-state index contributed by atoms with van der Waals surface area (Å²) in [4.78, 5) is 12.4. The second kappa shape index (κ2) is 8.12. The lowest BCUT2D eigenvalue weighted by molar-refractivity contribution is -0.157. The number of amides is 1. The zero-order chi connectivity index (χ0) is 17.7. The summed E-state index contributed by atoms with van der Waals surface area (Å²) in [6, 6.07) is 6.67. The maximum Gasteiger partial charge on any atom is 0.317 e. The third-order valence-electron chi connectivity index (χ3n) is 4.82. The summed E-state index contributed by atoms with van der Waals surface area (Å²) in [7, 11) is -2.61. The van der Waals surface area contributed by atoms with Crippen molar-refractivity contribution in [3.63, 3.8) is 0 Å². The van der Waals surface area contributed by atoms with Crippen molar-refractivity contribution in [3.05, 3.63) is 29.8 Å². The zero-order valence-electron chi connectivity index (χ0n) is 14.7. The number of nitrogens with zero attached hydrogens (tertiary/aromatic N) is 1. The van der Waals surface area contributed by atoms with Crippen LogP contribution in [0.3, 0.4) is 0 Å². The van der Waals surface area contributed by atoms with E-state index in [4.69, 9.17) is 4.28 Å². The van der Waals surface area contributed by atoms with Gasteiger partial charge in [0.2, 0.25) is 5.91 Å². The molecule has 6 heteroatoms. The predicted molar refractivity (Wildman–Crippen MR) is 92.8 cm³/mol. The average molecular weight is 353 g/mol. The van der Waals surface area contributed by atoms with Crippen molar-refractivity contribution in [1.29, 1.82) is 0 Å². The van der Waals surface area contributed by atoms with Crippen LogP contribution in [-0.4, -0.2) is 26.4 Å². The molecule has 1 unspecified atom stereocenters. The Bertz CT molecular complexity index is 648. The monoisotopic (exact) mass is 353 g/mol. The first-order valence-corrected chi connectivity index (χ1v) is 10.1. The van der Waals surface area contributed by atoms with Crippen LogP contribution >= 0.6 is 0 Å². The van der Waals surface area contributed by atoms with E-state index in [1.165, 1.54) is 19.2 Å². The van der Waals surface area contributed by atoms with E-state index in [0.29, 0.717) is 5.92 Å². The topological polar surface area (TPSA) is 63.7 Å². The highest BCUT2D eigenvalue weighted by atomic mass is 32.2. The first-order chi connectivity index (χ1) is 11.3. The third kappa shape index (κ3) is 4.57. The number of hydroxylamine groups is 2. The maximum atomic E-state index is 12.4. The van der Waals surface area contributed by atoms with Crippen LogP contribution in [0, 0.1) is 5.92 Å². The summed E-state index contributed by atoms with van der Waals surface area (Å²) in [6.45, 7) is 4.18. The summed E-state index contributed by atoms with van der Waals surface area (Å²) in [5, 5.41) is 0.883. The highest BCUT2D eigenvalue weighted by Crippen LogP contribution is 2.26. The molecule has 0 spiro atoms. The van der Waals surface area contributed by atoms with Gasteiger partial charge in [-0.3, -0.25) is 4.79 Å². The van der Waals surface area contributed by atoms with Crippen LogP contribution in [0.1, 0.15) is 63.9 Å². The lowest BCUT2D eigenvalue weighted by Gasteiger charge is -2.25. The SMILES string of the molecule is CCC(C)c1ccc(S(=O)(=O)ON(C)C(=O)C2CCCCC2)cc1. The zero-order valence-corrected chi connectivity index (χ0v) is 15.5. The molecule has 134 valence electrons. The molecule has 0 aromatic heterocycles. The van der Waals surface area contributed by atoms with E-state index in [9.17, 15) is 13.2 Å². The van der Waals surface area contributed by atoms with Gasteiger partial charge in [0.15, 0.2) is 0 Å². The van der Waals surface area contributed by atoms with Gasteiger partial charge in [-0.25, -0.2) is 5.06 Å². The quantitative estimate of drug-likeness (QED) is 0.729. The predicted octanol–water partition coefficient (Wildman–Crippen LogP) is 3.86. The van der Waals surface area contributed by atoms with Crippen molar-refractivity contribution in [2.24, 2.45) is 5.92 Å². The van der Waals surface area contributed by atoms with Gasteiger partial charge in [0, 0.05) is 13.0 Å². The van der Waals surface area contributed by atoms with Gasteiger partial charge in [-0.05, 0) is 42.9 Å². The maximum absolute atomic E-state index is 12.4. The summed E-state index contributed by atoms with van der Waals surface area (Å²) < 4.78 is 29.8. The Hall–Kier alpha value is -1.40. The van der Waals surface area contributed by atoms with Crippen LogP contribution in [0.2, 0.25) is 0 Å². The summed E-state index contributed by atoms with van der Waals surface area (Å²) in [6.07, 6.45) is 5.74. The molecule has 2 rings (SSSR count). The second-order valence-electron chi connectivity index (χ2n) is 6.58. The fourth-order valence-electron chi connectivity index (χ4n) is 3.03. The number of hydrogen-bond acceptors (Lipinski definition) is 4. The van der Waals surface area contributed by atoms with E-state index in [0.717, 1.165) is 49.2 Å². The Labute approximate surface area is 145 Å². The van der Waals surface area contributed by atoms with Crippen LogP contribution in [0.25, 0.3) is 0 Å². The van der Waals surface area contributed by atoms with Gasteiger partial charge in [0.05, 0.1) is 4.90 Å². The van der Waals surface area contributed by atoms with E-state index in [1.807, 2.05) is 0 Å². The molecule has 1 aliphatic rings. The van der Waals surface area contributed by atoms with Gasteiger partial charge in [0.1, 0.15) is 0 Å². The van der Waals surface area contributed by atoms with E-state index < -0.39 is 10.1 Å². The molecular weight excluding hydrogens is 326 g/mol. The molecular formula is C18H27NO4S. The molecule has 0 aliphatic heterocycles. The Morgan fingerprint density at radius 3 is 2.33 bits per heavy atom. The van der Waals surface area contributed by atoms with Gasteiger partial charge in [0.25, 0.3) is 0 Å². The van der Waals surface area contributed by atoms with E-state index in [-0.39, 0.29) is 16.7 Å². The minimum Gasteiger partial charge on any atom is -0.272 e. The average Bonchev–Trinajstić information content (AvgIpc) is 2.60. The van der Waals surface area contributed by atoms with Crippen LogP contribution in [0.15, 0.2) is 29.2 Å². The minimum absolute atomic E-state index is 0.0675. The lowest BCUT2D eigenvalue weighted by Crippen LogP contribution is -2.35. The molecule has 5 nitrogen and oxygen atoms in total. The molecule has 1 amide bonds. The highest BCUT2D eigenvalue weighted by molar-refractivity contribution is 7.86. The van der Waals surface area contributed by atoms with Gasteiger partial charge >= 0.3 is 10.1 Å². The summed E-state index contributed by atoms with van der Waals surface area (Å²) >= 11 is 0. The Morgan fingerprint density at radius 2 is 1.79 bits per heavy atom. The molecule has 1 aromatic carbocycles. The Morgan fingerprint density at radius 1 is 1.21 bits per heavy atom. The van der Waals surface area contributed by atoms with Gasteiger partial charge < -0.3 is 0 Å². The lowest BCUT2D eigenvalue weighted by atomic mass is 9.89. The minimum atomic E-state index is -3.99. The molecule has 1 aromatic rings. The molecule has 0 heterocycles. The Balaban J connectivity index is 2.05. The standard InChI is InChI=1S/C18H27NO4S/c1-4-14(2)15-10-12-17(13-11-15)24(21,22)23-19(3)18(20)16-8-6-5-7-9-16/h10-14,16H,4-9H2,1-3H3. The number of benzene rings is 1. The number of hydrogen-bond donors (Lipinski definition) is 0. The van der Waals surface area contributed by atoms with Crippen molar-refractivity contribution >= 4 is 16.0 Å². The molecule has 0 radical (unpaired) electrons. The van der Waals surface area contributed by atoms with Gasteiger partial charge in [-0.1, -0.05) is 45.2 Å². The van der Waals surface area contributed by atoms with Crippen molar-refractivity contribution in [1.82, 2.24) is 5.06 Å². The number of carbonyl (C=O) groups is 1. The molecule has 0 saturated heterocycles. The van der Waals surface area contributed by atoms with Gasteiger partial charge in [-0.2, -0.15) is 8.42 Å². The van der Waals surface area contributed by atoms with Crippen molar-refractivity contribution in [2.45, 2.75) is 63.2 Å². The fourth-order valence-corrected chi connectivity index (χ4v) is 3.96. The number of rotatable bonds is 6. The van der Waals surface area contributed by atoms with E-state index >= 15 is 0 Å². The number of carbonyl (C=O) groups excluding carboxylic acids is 1. The normalized spacial score (nSPS) is 17.5. The van der Waals surface area contributed by atoms with Crippen LogP contribution in [0.4, 0.5) is 0 Å². The Kier molecular flexibility index (Phi) is 6.40. The largest absolute Gasteiger partial charge is 0.317 e. The molecule has 0 bridgehead atoms. The smallest absolute Gasteiger partial charge is 0.272 e. The molecule has 24 heavy (non-hydrogen) atoms. The molecule has 1 fully saturated rings. The molecule has 1 atom stereocenters. The second-order valence-corrected chi connectivity index (χ2v) is 8.11. The third-order valence-corrected chi connectivity index (χ3v) is 6.09. The van der Waals surface area contributed by atoms with Crippen molar-refractivity contribution < 1.29 is 17.5 Å². The van der Waals surface area contributed by atoms with E-state index in [2.05, 4.69) is 13.8 Å². The van der Waals surface area contributed by atoms with Gasteiger partial charge in [-0.15, -0.1) is 4.28 Å². The highest BCUT2D eigenvalue weighted by Gasteiger charge is 2.28. The first kappa shape index (κ1) is 18.9. The summed E-state index contributed by atoms with van der Waals surface area (Å²) in [5.41, 5.74) is 1.09. The molecule has 1 saturated carbocycles. The van der Waals surface area contributed by atoms with Crippen LogP contribution in [0.5, 0.6) is 0 Å². The molecule has 1 aliphatic carbocycles. The van der Waals surface area contributed by atoms with E-state index in [1.54, 1.807) is 12.1 Å². The first-order valence-electron chi connectivity index (χ1n) is 8.67. The van der Waals surface area contributed by atoms with Crippen molar-refractivity contribution in [3.8, 4) is 0 Å². The van der Waals surface area contributed by atoms with Crippen LogP contribution < -0.4 is 0 Å². The molecule has 0 N–H and O–H groups in total.